The molecule has 2 aliphatic rings. The van der Waals surface area contributed by atoms with Crippen LogP contribution in [-0.4, -0.2) is 68.9 Å². The number of hydrogen-bond donors (Lipinski definition) is 1. The molecule has 0 aliphatic carbocycles. The molecule has 1 atom stereocenters. The lowest BCUT2D eigenvalue weighted by Crippen LogP contribution is -2.31. The lowest BCUT2D eigenvalue weighted by atomic mass is 9.94. The number of fused-ring (bicyclic) bond motifs is 1. The maximum absolute atomic E-state index is 13.2. The minimum absolute atomic E-state index is 0.00434. The van der Waals surface area contributed by atoms with Gasteiger partial charge in [-0.2, -0.15) is 0 Å². The Bertz CT molecular complexity index is 1140. The number of ketones is 1. The number of ether oxygens (including phenoxy) is 5. The van der Waals surface area contributed by atoms with E-state index in [1.54, 1.807) is 43.5 Å². The fourth-order valence-corrected chi connectivity index (χ4v) is 4.31. The molecular formula is C26H29NO8. The van der Waals surface area contributed by atoms with Crippen LogP contribution in [-0.2, 0) is 14.3 Å². The van der Waals surface area contributed by atoms with Gasteiger partial charge < -0.3 is 33.7 Å². The molecule has 0 aromatic heterocycles. The van der Waals surface area contributed by atoms with Crippen LogP contribution >= 0.6 is 0 Å². The van der Waals surface area contributed by atoms with Gasteiger partial charge in [0, 0.05) is 25.8 Å². The summed E-state index contributed by atoms with van der Waals surface area (Å²) in [7, 11) is 3.09. The molecule has 0 spiro atoms. The van der Waals surface area contributed by atoms with Crippen LogP contribution in [0.4, 0.5) is 0 Å². The van der Waals surface area contributed by atoms with Crippen LogP contribution in [0.15, 0.2) is 42.0 Å². The van der Waals surface area contributed by atoms with Crippen molar-refractivity contribution in [3.63, 3.8) is 0 Å². The number of carbonyl (C=O) groups excluding carboxylic acids is 2. The van der Waals surface area contributed by atoms with Gasteiger partial charge in [-0.25, -0.2) is 0 Å². The van der Waals surface area contributed by atoms with E-state index in [4.69, 9.17) is 23.7 Å². The van der Waals surface area contributed by atoms with E-state index < -0.39 is 17.7 Å². The fourth-order valence-electron chi connectivity index (χ4n) is 4.31. The van der Waals surface area contributed by atoms with Crippen LogP contribution in [0.2, 0.25) is 0 Å². The van der Waals surface area contributed by atoms with E-state index in [2.05, 4.69) is 0 Å². The van der Waals surface area contributed by atoms with Crippen LogP contribution in [0.1, 0.15) is 30.5 Å². The third-order valence-corrected chi connectivity index (χ3v) is 5.91. The van der Waals surface area contributed by atoms with Gasteiger partial charge in [-0.1, -0.05) is 6.07 Å². The highest BCUT2D eigenvalue weighted by Gasteiger charge is 2.46. The molecule has 0 bridgehead atoms. The van der Waals surface area contributed by atoms with E-state index in [1.807, 2.05) is 6.92 Å². The number of methoxy groups -OCH3 is 2. The van der Waals surface area contributed by atoms with Crippen molar-refractivity contribution < 1.29 is 38.4 Å². The molecule has 1 fully saturated rings. The zero-order chi connectivity index (χ0) is 24.9. The predicted octanol–water partition coefficient (Wildman–Crippen LogP) is 3.32. The van der Waals surface area contributed by atoms with Gasteiger partial charge in [0.15, 0.2) is 23.0 Å². The third-order valence-electron chi connectivity index (χ3n) is 5.91. The number of aliphatic hydroxyl groups excluding tert-OH is 1. The normalized spacial score (nSPS) is 18.6. The topological polar surface area (TPSA) is 104 Å². The van der Waals surface area contributed by atoms with Gasteiger partial charge in [0.25, 0.3) is 11.7 Å². The van der Waals surface area contributed by atoms with Crippen molar-refractivity contribution in [3.8, 4) is 23.0 Å². The Hall–Kier alpha value is -3.72. The number of carbonyl (C=O) groups is 2. The summed E-state index contributed by atoms with van der Waals surface area (Å²) in [4.78, 5) is 27.7. The average molecular weight is 484 g/mol. The number of Topliss-reactive ketones (excluding diaryl/α,β-unsaturated/α-hetero) is 1. The van der Waals surface area contributed by atoms with E-state index in [0.29, 0.717) is 67.0 Å². The quantitative estimate of drug-likeness (QED) is 0.251. The molecule has 1 unspecified atom stereocenters. The zero-order valence-corrected chi connectivity index (χ0v) is 20.0. The van der Waals surface area contributed by atoms with Crippen molar-refractivity contribution in [2.24, 2.45) is 0 Å². The molecule has 35 heavy (non-hydrogen) atoms. The van der Waals surface area contributed by atoms with E-state index in [-0.39, 0.29) is 17.9 Å². The molecule has 2 aliphatic heterocycles. The number of benzene rings is 2. The molecule has 4 rings (SSSR count). The highest BCUT2D eigenvalue weighted by atomic mass is 16.6. The molecule has 0 saturated carbocycles. The molecule has 1 N–H and O–H groups in total. The van der Waals surface area contributed by atoms with Gasteiger partial charge in [0.2, 0.25) is 0 Å². The van der Waals surface area contributed by atoms with Crippen molar-refractivity contribution >= 4 is 17.4 Å². The van der Waals surface area contributed by atoms with Gasteiger partial charge in [-0.15, -0.1) is 0 Å². The van der Waals surface area contributed by atoms with E-state index >= 15 is 0 Å². The molecule has 9 nitrogen and oxygen atoms in total. The van der Waals surface area contributed by atoms with Crippen LogP contribution < -0.4 is 18.9 Å². The molecule has 2 aromatic carbocycles. The van der Waals surface area contributed by atoms with Crippen LogP contribution in [0.5, 0.6) is 23.0 Å². The molecular weight excluding hydrogens is 454 g/mol. The van der Waals surface area contributed by atoms with E-state index in [9.17, 15) is 14.7 Å². The number of rotatable bonds is 9. The largest absolute Gasteiger partial charge is 0.507 e. The SMILES string of the molecule is CCOc1ccc(C2/C(=C(\O)c3ccc4c(c3)OCCO4)C(=O)C(=O)N2CCCOC)cc1OC. The zero-order valence-electron chi connectivity index (χ0n) is 20.0. The van der Waals surface area contributed by atoms with Gasteiger partial charge in [-0.3, -0.25) is 9.59 Å². The summed E-state index contributed by atoms with van der Waals surface area (Å²) in [5.41, 5.74) is 0.961. The third kappa shape index (κ3) is 4.77. The summed E-state index contributed by atoms with van der Waals surface area (Å²) >= 11 is 0. The van der Waals surface area contributed by atoms with Crippen LogP contribution in [0.3, 0.4) is 0 Å². The fraction of sp³-hybridized carbons (Fsp3) is 0.385. The van der Waals surface area contributed by atoms with Crippen molar-refractivity contribution in [2.45, 2.75) is 19.4 Å². The Labute approximate surface area is 203 Å². The molecule has 2 heterocycles. The first-order valence-electron chi connectivity index (χ1n) is 11.5. The second kappa shape index (κ2) is 10.7. The number of amides is 1. The molecule has 186 valence electrons. The Balaban J connectivity index is 1.82. The van der Waals surface area contributed by atoms with E-state index in [1.165, 1.54) is 12.0 Å². The maximum atomic E-state index is 13.2. The summed E-state index contributed by atoms with van der Waals surface area (Å²) in [6.45, 7) is 3.83. The first kappa shape index (κ1) is 24.4. The summed E-state index contributed by atoms with van der Waals surface area (Å²) < 4.78 is 27.4. The minimum atomic E-state index is -0.815. The van der Waals surface area contributed by atoms with Crippen molar-refractivity contribution in [1.29, 1.82) is 0 Å². The average Bonchev–Trinajstić information content (AvgIpc) is 3.13. The van der Waals surface area contributed by atoms with Gasteiger partial charge in [0.1, 0.15) is 19.0 Å². The standard InChI is InChI=1S/C26H29NO8/c1-4-33-18-8-6-16(14-20(18)32-3)23-22(25(29)26(30)27(23)10-5-11-31-2)24(28)17-7-9-19-21(15-17)35-13-12-34-19/h6-9,14-15,23,28H,4-5,10-13H2,1-3H3/b24-22+. The van der Waals surface area contributed by atoms with Crippen molar-refractivity contribution in [2.75, 3.05) is 47.2 Å². The van der Waals surface area contributed by atoms with Crippen molar-refractivity contribution in [1.82, 2.24) is 4.90 Å². The molecule has 0 radical (unpaired) electrons. The van der Waals surface area contributed by atoms with Crippen LogP contribution in [0.25, 0.3) is 5.76 Å². The molecule has 2 aromatic rings. The predicted molar refractivity (Wildman–Crippen MR) is 127 cm³/mol. The molecule has 1 amide bonds. The summed E-state index contributed by atoms with van der Waals surface area (Å²) in [6.07, 6.45) is 0.526. The first-order chi connectivity index (χ1) is 17.0. The van der Waals surface area contributed by atoms with Gasteiger partial charge >= 0.3 is 0 Å². The Morgan fingerprint density at radius 1 is 1.06 bits per heavy atom. The highest BCUT2D eigenvalue weighted by Crippen LogP contribution is 2.43. The Kier molecular flexibility index (Phi) is 7.45. The van der Waals surface area contributed by atoms with Gasteiger partial charge in [-0.05, 0) is 49.2 Å². The number of likely N-dealkylation sites (tertiary alicyclic amines) is 1. The van der Waals surface area contributed by atoms with E-state index in [0.717, 1.165) is 0 Å². The minimum Gasteiger partial charge on any atom is -0.507 e. The second-order valence-electron chi connectivity index (χ2n) is 8.04. The molecule has 9 heteroatoms. The number of nitrogens with zero attached hydrogens (tertiary/aromatic N) is 1. The molecule has 1 saturated heterocycles. The second-order valence-corrected chi connectivity index (χ2v) is 8.04. The Morgan fingerprint density at radius 2 is 1.83 bits per heavy atom. The maximum Gasteiger partial charge on any atom is 0.295 e. The highest BCUT2D eigenvalue weighted by molar-refractivity contribution is 6.46. The lowest BCUT2D eigenvalue weighted by molar-refractivity contribution is -0.140. The summed E-state index contributed by atoms with van der Waals surface area (Å²) in [5.74, 6) is 0.306. The first-order valence-corrected chi connectivity index (χ1v) is 11.5. The van der Waals surface area contributed by atoms with Crippen LogP contribution in [0, 0.1) is 0 Å². The monoisotopic (exact) mass is 483 g/mol. The number of aliphatic hydroxyl groups is 1. The summed E-state index contributed by atoms with van der Waals surface area (Å²) in [5, 5.41) is 11.3. The smallest absolute Gasteiger partial charge is 0.295 e. The summed E-state index contributed by atoms with van der Waals surface area (Å²) in [6, 6.07) is 9.33. The number of hydrogen-bond acceptors (Lipinski definition) is 8. The Morgan fingerprint density at radius 3 is 2.54 bits per heavy atom. The van der Waals surface area contributed by atoms with Gasteiger partial charge in [0.05, 0.1) is 25.3 Å². The van der Waals surface area contributed by atoms with Crippen molar-refractivity contribution in [3.05, 3.63) is 53.1 Å². The lowest BCUT2D eigenvalue weighted by Gasteiger charge is -2.26.